The lowest BCUT2D eigenvalue weighted by atomic mass is 9.87. The fourth-order valence-electron chi connectivity index (χ4n) is 12.4. The molecule has 0 aliphatic carbocycles. The van der Waals surface area contributed by atoms with Crippen molar-refractivity contribution < 1.29 is 72.8 Å². The van der Waals surface area contributed by atoms with E-state index in [4.69, 9.17) is 51.3 Å². The molecule has 0 saturated carbocycles. The maximum atomic E-state index is 15.2. The molecule has 29 heteroatoms. The van der Waals surface area contributed by atoms with Gasteiger partial charge in [-0.3, -0.25) is 62.9 Å². The van der Waals surface area contributed by atoms with E-state index in [1.54, 1.807) is 66.9 Å². The van der Waals surface area contributed by atoms with Gasteiger partial charge in [0.05, 0.1) is 30.2 Å². The van der Waals surface area contributed by atoms with Crippen molar-refractivity contribution in [3.63, 3.8) is 0 Å². The summed E-state index contributed by atoms with van der Waals surface area (Å²) in [7, 11) is 0. The highest BCUT2D eigenvalue weighted by molar-refractivity contribution is 5.99. The minimum atomic E-state index is -1.35. The number of aromatic amines is 1. The van der Waals surface area contributed by atoms with Crippen LogP contribution in [0.3, 0.4) is 0 Å². The summed E-state index contributed by atoms with van der Waals surface area (Å²) < 4.78 is 0. The number of primary amides is 2. The first-order valence-corrected chi connectivity index (χ1v) is 35.7. The summed E-state index contributed by atoms with van der Waals surface area (Å²) in [6.07, 6.45) is 1.60. The molecule has 0 unspecified atom stereocenters. The fourth-order valence-corrected chi connectivity index (χ4v) is 12.4. The van der Waals surface area contributed by atoms with Crippen LogP contribution in [0.2, 0.25) is 0 Å². The molecule has 0 bridgehead atoms. The minimum absolute atomic E-state index is 0.000765. The molecule has 564 valence electrons. The number of nitrogens with two attached hydrogens (primary N) is 9. The Morgan fingerprint density at radius 3 is 1.09 bits per heavy atom. The number of carboxylic acid groups (broad SMARTS) is 1. The highest BCUT2D eigenvalue weighted by Gasteiger charge is 2.38. The predicted molar refractivity (Wildman–Crippen MR) is 389 cm³/mol. The van der Waals surface area contributed by atoms with Crippen LogP contribution in [0.4, 0.5) is 0 Å². The van der Waals surface area contributed by atoms with Crippen molar-refractivity contribution >= 4 is 93.4 Å². The molecule has 29 nitrogen and oxygen atoms in total. The Morgan fingerprint density at radius 2 is 0.728 bits per heavy atom. The normalized spacial score (nSPS) is 14.5. The van der Waals surface area contributed by atoms with E-state index in [2.05, 4.69) is 31.6 Å². The SMILES string of the molecule is NCCC[C@H](NC(=O)[C@@H](CCC(N)=O)CC(=O)[C@H](CCCN)NC(=O)[C@H](CC(=O)[C@H](CCCN)NC(=O)[C@H](CC(=O)[C@H](CCCN)NC(=O)[C@H](CC(=O)[C@H](CCCN)NC(=O)[C@@H](CCC(N)=O)CC(=O)[C@@H](N)CCC=[NH2+])Cc1ccccc1)Cc1c[nH]c2ccccc12)Cc1ccccc1)C(=O)O. The second-order valence-electron chi connectivity index (χ2n) is 26.5. The fraction of sp³-hybridized carbons (Fsp3) is 0.541. The average Bonchev–Trinajstić information content (AvgIpc) is 1.73. The number of nitrogens with one attached hydrogen (secondary N) is 6. The summed E-state index contributed by atoms with van der Waals surface area (Å²) in [6.45, 7) is 0.560. The third kappa shape index (κ3) is 31.1. The van der Waals surface area contributed by atoms with Gasteiger partial charge in [-0.15, -0.1) is 0 Å². The number of rotatable bonds is 56. The molecule has 1 heterocycles. The first-order chi connectivity index (χ1) is 49.4. The molecular weight excluding hydrogens is 1320 g/mol. The Kier molecular flexibility index (Phi) is 39.4. The number of fused-ring (bicyclic) bond motifs is 1. The third-order valence-electron chi connectivity index (χ3n) is 18.3. The van der Waals surface area contributed by atoms with E-state index in [1.807, 2.05) is 24.3 Å². The van der Waals surface area contributed by atoms with Gasteiger partial charge in [0.1, 0.15) is 18.0 Å². The monoisotopic (exact) mass is 1430 g/mol. The minimum Gasteiger partial charge on any atom is -0.480 e. The molecule has 0 fully saturated rings. The molecule has 0 radical (unpaired) electrons. The smallest absolute Gasteiger partial charge is 0.326 e. The molecule has 103 heavy (non-hydrogen) atoms. The summed E-state index contributed by atoms with van der Waals surface area (Å²) in [4.78, 5) is 184. The van der Waals surface area contributed by atoms with E-state index in [1.165, 1.54) is 6.21 Å². The standard InChI is InChI=1S/C74H109N15O14/c75-31-9-20-55(81)62(90)40-48(27-29-67(82)95)69(97)85-58(23-11-33-77)64(92)42-50(37-46-15-3-1-4-16-46)72(100)87-60(25-13-35-79)66(94)44-52(39-53-45-84-56-21-8-7-19-54(53)56)73(101)88-59(24-12-34-78)65(93)43-51(38-47-17-5-2-6-18-47)71(99)86-57(22-10-32-76)63(91)41-49(28-30-68(83)96)70(98)89-61(74(102)103)26-14-36-80/h1-8,15-19,21,31,45,48-52,55,57-61,75,84H,9-14,20,22-30,32-44,76-81H2,(H2,82,95)(H2,83,96)(H,85,97)(H,86,99)(H,87,100)(H,88,101)(H,89,98)(H,102,103)/p+1/t48-,49-,50-,51-,52-,55-,57-,58-,59-,60-,61-/m0/s1. The van der Waals surface area contributed by atoms with Crippen LogP contribution in [0.5, 0.6) is 0 Å². The third-order valence-corrected chi connectivity index (χ3v) is 18.3. The molecule has 25 N–H and O–H groups in total. The van der Waals surface area contributed by atoms with E-state index in [9.17, 15) is 53.1 Å². The van der Waals surface area contributed by atoms with Crippen LogP contribution < -0.4 is 77.9 Å². The highest BCUT2D eigenvalue weighted by Crippen LogP contribution is 2.27. The van der Waals surface area contributed by atoms with Crippen LogP contribution >= 0.6 is 0 Å². The molecule has 0 aliphatic rings. The zero-order valence-corrected chi connectivity index (χ0v) is 59.0. The van der Waals surface area contributed by atoms with Gasteiger partial charge >= 0.3 is 5.97 Å². The number of hydrogen-bond donors (Lipinski definition) is 16. The van der Waals surface area contributed by atoms with E-state index >= 15 is 14.4 Å². The van der Waals surface area contributed by atoms with Crippen molar-refractivity contribution in [1.29, 1.82) is 0 Å². The molecule has 4 aromatic rings. The second-order valence-corrected chi connectivity index (χ2v) is 26.5. The number of para-hydroxylation sites is 1. The summed E-state index contributed by atoms with van der Waals surface area (Å²) in [5.74, 6) is -15.2. The van der Waals surface area contributed by atoms with Gasteiger partial charge in [0.25, 0.3) is 0 Å². The first-order valence-electron chi connectivity index (χ1n) is 35.7. The maximum Gasteiger partial charge on any atom is 0.326 e. The molecule has 7 amide bonds. The number of hydrogen-bond acceptors (Lipinski definition) is 19. The van der Waals surface area contributed by atoms with Crippen LogP contribution in [0.25, 0.3) is 10.9 Å². The van der Waals surface area contributed by atoms with Crippen LogP contribution in [0, 0.1) is 29.6 Å². The number of carbonyl (C=O) groups is 13. The van der Waals surface area contributed by atoms with E-state index in [0.717, 1.165) is 10.9 Å². The lowest BCUT2D eigenvalue weighted by Gasteiger charge is -2.27. The van der Waals surface area contributed by atoms with Crippen molar-refractivity contribution in [2.24, 2.45) is 75.5 Å². The molecule has 0 saturated heterocycles. The van der Waals surface area contributed by atoms with Gasteiger partial charge in [0.15, 0.2) is 23.1 Å². The topological polar surface area (TPSA) is 552 Å². The van der Waals surface area contributed by atoms with Gasteiger partial charge in [-0.1, -0.05) is 78.9 Å². The molecule has 0 aliphatic heterocycles. The highest BCUT2D eigenvalue weighted by atomic mass is 16.4. The Balaban J connectivity index is 1.71. The van der Waals surface area contributed by atoms with Crippen LogP contribution in [-0.4, -0.2) is 162 Å². The molecule has 1 aromatic heterocycles. The van der Waals surface area contributed by atoms with Gasteiger partial charge in [0, 0.05) is 98.1 Å². The van der Waals surface area contributed by atoms with E-state index in [-0.39, 0.29) is 155 Å². The number of Topliss-reactive ketones (excluding diaryl/α,β-unsaturated/α-hetero) is 5. The summed E-state index contributed by atoms with van der Waals surface area (Å²) in [5, 5.41) is 29.9. The quantitative estimate of drug-likeness (QED) is 0.0253. The van der Waals surface area contributed by atoms with Crippen molar-refractivity contribution in [2.45, 2.75) is 190 Å². The van der Waals surface area contributed by atoms with Gasteiger partial charge in [0.2, 0.25) is 41.4 Å². The molecule has 0 spiro atoms. The Bertz CT molecular complexity index is 3430. The molecule has 4 rings (SSSR count). The zero-order valence-electron chi connectivity index (χ0n) is 59.0. The number of benzene rings is 3. The Hall–Kier alpha value is -9.26. The molecule has 3 aromatic carbocycles. The largest absolute Gasteiger partial charge is 0.480 e. The molecule has 11 atom stereocenters. The van der Waals surface area contributed by atoms with Gasteiger partial charge in [-0.2, -0.15) is 0 Å². The Morgan fingerprint density at radius 1 is 0.408 bits per heavy atom. The van der Waals surface area contributed by atoms with Crippen LogP contribution in [-0.2, 0) is 81.6 Å². The number of amides is 7. The first kappa shape index (κ1) is 86.1. The lowest BCUT2D eigenvalue weighted by Crippen LogP contribution is -2.49. The Labute approximate surface area is 601 Å². The lowest BCUT2D eigenvalue weighted by molar-refractivity contribution is -0.143. The second kappa shape index (κ2) is 47.1. The maximum absolute atomic E-state index is 15.2. The van der Waals surface area contributed by atoms with Gasteiger partial charge in [-0.05, 0) is 158 Å². The van der Waals surface area contributed by atoms with Crippen molar-refractivity contribution in [1.82, 2.24) is 31.6 Å². The zero-order chi connectivity index (χ0) is 75.8. The van der Waals surface area contributed by atoms with Crippen molar-refractivity contribution in [3.05, 3.63) is 108 Å². The number of carboxylic acids is 1. The summed E-state index contributed by atoms with van der Waals surface area (Å²) >= 11 is 0. The van der Waals surface area contributed by atoms with Crippen molar-refractivity contribution in [3.8, 4) is 0 Å². The number of aromatic nitrogens is 1. The van der Waals surface area contributed by atoms with Gasteiger partial charge in [-0.25, -0.2) is 4.79 Å². The van der Waals surface area contributed by atoms with E-state index < -0.39 is 168 Å². The average molecular weight is 1430 g/mol. The van der Waals surface area contributed by atoms with Crippen LogP contribution in [0.1, 0.15) is 152 Å². The summed E-state index contributed by atoms with van der Waals surface area (Å²) in [5.41, 5.74) is 49.2. The number of carbonyl (C=O) groups excluding carboxylic acids is 12. The number of H-pyrrole nitrogens is 1. The predicted octanol–water partition coefficient (Wildman–Crippen LogP) is -0.256. The summed E-state index contributed by atoms with van der Waals surface area (Å²) in [6, 6.07) is 17.5. The molecular formula is C74H110N15O14+. The van der Waals surface area contributed by atoms with Gasteiger partial charge < -0.3 is 82.5 Å². The van der Waals surface area contributed by atoms with E-state index in [0.29, 0.717) is 23.1 Å². The van der Waals surface area contributed by atoms with Crippen LogP contribution in [0.15, 0.2) is 91.1 Å². The van der Waals surface area contributed by atoms with Crippen molar-refractivity contribution in [2.75, 3.05) is 32.7 Å². The number of aliphatic carboxylic acids is 1. The number of ketones is 5.